The predicted octanol–water partition coefficient (Wildman–Crippen LogP) is 3.51. The normalized spacial score (nSPS) is 15.2. The number of rotatable bonds is 5. The molecule has 1 amide bonds. The molecule has 0 N–H and O–H groups in total. The second-order valence-corrected chi connectivity index (χ2v) is 6.70. The summed E-state index contributed by atoms with van der Waals surface area (Å²) in [5, 5.41) is 0.599. The summed E-state index contributed by atoms with van der Waals surface area (Å²) in [4.78, 5) is 16.5. The van der Waals surface area contributed by atoms with Gasteiger partial charge in [-0.3, -0.25) is 9.69 Å². The summed E-state index contributed by atoms with van der Waals surface area (Å²) in [7, 11) is 3.31. The van der Waals surface area contributed by atoms with Crippen LogP contribution in [-0.2, 0) is 11.3 Å². The van der Waals surface area contributed by atoms with Crippen molar-refractivity contribution in [3.8, 4) is 11.5 Å². The summed E-state index contributed by atoms with van der Waals surface area (Å²) in [5.41, 5.74) is 2.79. The second kappa shape index (κ2) is 7.98. The molecule has 1 fully saturated rings. The van der Waals surface area contributed by atoms with Gasteiger partial charge in [-0.15, -0.1) is 0 Å². The Kier molecular flexibility index (Phi) is 5.69. The summed E-state index contributed by atoms with van der Waals surface area (Å²) < 4.78 is 10.9. The molecule has 1 aliphatic heterocycles. The molecule has 0 saturated carbocycles. The molecule has 2 aromatic carbocycles. The van der Waals surface area contributed by atoms with Gasteiger partial charge in [-0.2, -0.15) is 0 Å². The van der Waals surface area contributed by atoms with Gasteiger partial charge in [0, 0.05) is 30.8 Å². The number of amides is 1. The van der Waals surface area contributed by atoms with Crippen molar-refractivity contribution in [1.29, 1.82) is 0 Å². The molecule has 0 atom stereocenters. The number of carbonyl (C=O) groups is 1. The number of hydrogen-bond acceptors (Lipinski definition) is 4. The Balaban J connectivity index is 1.74. The van der Waals surface area contributed by atoms with Crippen molar-refractivity contribution < 1.29 is 14.3 Å². The Morgan fingerprint density at radius 2 is 1.85 bits per heavy atom. The van der Waals surface area contributed by atoms with Crippen LogP contribution in [0, 0.1) is 6.92 Å². The summed E-state index contributed by atoms with van der Waals surface area (Å²) in [6.45, 7) is 4.35. The molecule has 2 aromatic rings. The van der Waals surface area contributed by atoms with Crippen LogP contribution in [0.1, 0.15) is 11.1 Å². The van der Waals surface area contributed by atoms with E-state index in [1.54, 1.807) is 19.1 Å². The number of anilines is 1. The topological polar surface area (TPSA) is 42.0 Å². The van der Waals surface area contributed by atoms with Gasteiger partial charge in [0.1, 0.15) is 11.5 Å². The Labute approximate surface area is 159 Å². The van der Waals surface area contributed by atoms with E-state index in [1.165, 1.54) is 0 Å². The minimum absolute atomic E-state index is 0.0496. The molecular weight excluding hydrogens is 352 g/mol. The Bertz CT molecular complexity index is 810. The number of para-hydroxylation sites is 1. The van der Waals surface area contributed by atoms with E-state index in [0.29, 0.717) is 24.7 Å². The van der Waals surface area contributed by atoms with Crippen molar-refractivity contribution >= 4 is 23.2 Å². The van der Waals surface area contributed by atoms with Crippen molar-refractivity contribution in [3.05, 3.63) is 52.5 Å². The number of halogens is 1. The molecule has 3 rings (SSSR count). The maximum Gasteiger partial charge on any atom is 0.241 e. The molecule has 1 aliphatic rings. The highest BCUT2D eigenvalue weighted by Crippen LogP contribution is 2.32. The lowest BCUT2D eigenvalue weighted by Crippen LogP contribution is -2.50. The number of hydrogen-bond donors (Lipinski definition) is 0. The molecule has 0 aromatic heterocycles. The lowest BCUT2D eigenvalue weighted by atomic mass is 10.1. The van der Waals surface area contributed by atoms with Gasteiger partial charge in [0.05, 0.1) is 31.5 Å². The fourth-order valence-corrected chi connectivity index (χ4v) is 3.62. The molecule has 0 spiro atoms. The van der Waals surface area contributed by atoms with Crippen LogP contribution in [0.2, 0.25) is 5.02 Å². The third-order valence-electron chi connectivity index (χ3n) is 4.70. The Hall–Kier alpha value is -2.24. The molecule has 0 radical (unpaired) electrons. The predicted molar refractivity (Wildman–Crippen MR) is 103 cm³/mol. The van der Waals surface area contributed by atoms with Crippen LogP contribution in [0.25, 0.3) is 0 Å². The Morgan fingerprint density at radius 3 is 2.50 bits per heavy atom. The fraction of sp³-hybridized carbons (Fsp3) is 0.350. The van der Waals surface area contributed by atoms with Gasteiger partial charge in [0.2, 0.25) is 5.91 Å². The third-order valence-corrected chi connectivity index (χ3v) is 5.02. The SMILES string of the molecule is COc1ccc(CN2CCN(c3ccccc3Cl)C(=O)C2)c(OC)c1C. The Morgan fingerprint density at radius 1 is 1.08 bits per heavy atom. The van der Waals surface area contributed by atoms with Gasteiger partial charge < -0.3 is 14.4 Å². The fourth-order valence-electron chi connectivity index (χ4n) is 3.38. The van der Waals surface area contributed by atoms with Gasteiger partial charge in [-0.1, -0.05) is 29.8 Å². The van der Waals surface area contributed by atoms with E-state index in [1.807, 2.05) is 43.3 Å². The minimum atomic E-state index is 0.0496. The van der Waals surface area contributed by atoms with Crippen molar-refractivity contribution in [1.82, 2.24) is 4.90 Å². The van der Waals surface area contributed by atoms with E-state index in [-0.39, 0.29) is 5.91 Å². The zero-order valence-electron chi connectivity index (χ0n) is 15.3. The zero-order valence-corrected chi connectivity index (χ0v) is 16.0. The quantitative estimate of drug-likeness (QED) is 0.803. The number of ether oxygens (including phenoxy) is 2. The molecule has 138 valence electrons. The average Bonchev–Trinajstić information content (AvgIpc) is 2.63. The molecule has 1 heterocycles. The molecule has 0 aliphatic carbocycles. The molecule has 26 heavy (non-hydrogen) atoms. The first-order valence-corrected chi connectivity index (χ1v) is 8.90. The van der Waals surface area contributed by atoms with Crippen molar-refractivity contribution in [2.24, 2.45) is 0 Å². The minimum Gasteiger partial charge on any atom is -0.496 e. The van der Waals surface area contributed by atoms with Crippen LogP contribution in [0.15, 0.2) is 36.4 Å². The molecule has 0 bridgehead atoms. The maximum absolute atomic E-state index is 12.6. The van der Waals surface area contributed by atoms with Gasteiger partial charge in [0.15, 0.2) is 0 Å². The van der Waals surface area contributed by atoms with Crippen LogP contribution in [0.3, 0.4) is 0 Å². The van der Waals surface area contributed by atoms with E-state index in [2.05, 4.69) is 4.90 Å². The summed E-state index contributed by atoms with van der Waals surface area (Å²) in [6.07, 6.45) is 0. The first-order chi connectivity index (χ1) is 12.5. The summed E-state index contributed by atoms with van der Waals surface area (Å²) in [5.74, 6) is 1.66. The average molecular weight is 375 g/mol. The monoisotopic (exact) mass is 374 g/mol. The second-order valence-electron chi connectivity index (χ2n) is 6.29. The first kappa shape index (κ1) is 18.5. The molecule has 5 nitrogen and oxygen atoms in total. The summed E-state index contributed by atoms with van der Waals surface area (Å²) in [6, 6.07) is 11.4. The van der Waals surface area contributed by atoms with Gasteiger partial charge in [0.25, 0.3) is 0 Å². The standard InChI is InChI=1S/C20H23ClN2O3/c1-14-18(25-2)9-8-15(20(14)26-3)12-22-10-11-23(19(24)13-22)17-7-5-4-6-16(17)21/h4-9H,10-13H2,1-3H3. The highest BCUT2D eigenvalue weighted by atomic mass is 35.5. The number of carbonyl (C=O) groups excluding carboxylic acids is 1. The van der Waals surface area contributed by atoms with Crippen LogP contribution in [-0.4, -0.2) is 44.7 Å². The molecule has 6 heteroatoms. The number of methoxy groups -OCH3 is 2. The van der Waals surface area contributed by atoms with E-state index in [0.717, 1.165) is 34.9 Å². The van der Waals surface area contributed by atoms with Crippen molar-refractivity contribution in [2.45, 2.75) is 13.5 Å². The van der Waals surface area contributed by atoms with Gasteiger partial charge >= 0.3 is 0 Å². The lowest BCUT2D eigenvalue weighted by molar-refractivity contribution is -0.121. The number of nitrogens with zero attached hydrogens (tertiary/aromatic N) is 2. The zero-order chi connectivity index (χ0) is 18.7. The van der Waals surface area contributed by atoms with Crippen LogP contribution < -0.4 is 14.4 Å². The maximum atomic E-state index is 12.6. The van der Waals surface area contributed by atoms with E-state index < -0.39 is 0 Å². The highest BCUT2D eigenvalue weighted by molar-refractivity contribution is 6.33. The highest BCUT2D eigenvalue weighted by Gasteiger charge is 2.27. The lowest BCUT2D eigenvalue weighted by Gasteiger charge is -2.35. The smallest absolute Gasteiger partial charge is 0.241 e. The first-order valence-electron chi connectivity index (χ1n) is 8.53. The van der Waals surface area contributed by atoms with Gasteiger partial charge in [-0.05, 0) is 25.1 Å². The van der Waals surface area contributed by atoms with E-state index in [9.17, 15) is 4.79 Å². The molecule has 1 saturated heterocycles. The third kappa shape index (κ3) is 3.64. The largest absolute Gasteiger partial charge is 0.496 e. The van der Waals surface area contributed by atoms with Crippen molar-refractivity contribution in [3.63, 3.8) is 0 Å². The number of benzene rings is 2. The molecule has 0 unspecified atom stereocenters. The van der Waals surface area contributed by atoms with Crippen LogP contribution in [0.5, 0.6) is 11.5 Å². The van der Waals surface area contributed by atoms with E-state index in [4.69, 9.17) is 21.1 Å². The molecular formula is C20H23ClN2O3. The summed E-state index contributed by atoms with van der Waals surface area (Å²) >= 11 is 6.24. The van der Waals surface area contributed by atoms with Gasteiger partial charge in [-0.25, -0.2) is 0 Å². The van der Waals surface area contributed by atoms with Crippen molar-refractivity contribution in [2.75, 3.05) is 38.8 Å². The van der Waals surface area contributed by atoms with Crippen LogP contribution >= 0.6 is 11.6 Å². The van der Waals surface area contributed by atoms with Crippen LogP contribution in [0.4, 0.5) is 5.69 Å². The number of piperazine rings is 1. The van der Waals surface area contributed by atoms with E-state index >= 15 is 0 Å².